The normalized spacial score (nSPS) is 13.7. The van der Waals surface area contributed by atoms with Crippen molar-refractivity contribution >= 4 is 11.4 Å². The molecule has 28 heavy (non-hydrogen) atoms. The number of carbonyl (C=O) groups is 1. The van der Waals surface area contributed by atoms with Crippen LogP contribution in [0.1, 0.15) is 16.2 Å². The van der Waals surface area contributed by atoms with E-state index in [0.717, 1.165) is 0 Å². The fourth-order valence-corrected chi connectivity index (χ4v) is 3.39. The van der Waals surface area contributed by atoms with Crippen LogP contribution in [-0.4, -0.2) is 41.7 Å². The second kappa shape index (κ2) is 6.22. The molecule has 0 atom stereocenters. The minimum absolute atomic E-state index is 0.128. The number of nitrogens with zero attached hydrogens (tertiary/aromatic N) is 6. The molecule has 3 aromatic heterocycles. The zero-order valence-electron chi connectivity index (χ0n) is 14.6. The zero-order chi connectivity index (χ0) is 19.3. The maximum Gasteiger partial charge on any atom is 0.254 e. The van der Waals surface area contributed by atoms with E-state index < -0.39 is 11.6 Å². The van der Waals surface area contributed by atoms with Crippen LogP contribution in [-0.2, 0) is 13.1 Å². The number of pyridine rings is 1. The van der Waals surface area contributed by atoms with Gasteiger partial charge in [-0.15, -0.1) is 10.2 Å². The van der Waals surface area contributed by atoms with E-state index in [-0.39, 0.29) is 18.1 Å². The molecule has 0 saturated carbocycles. The standard InChI is InChI=1S/C19H14F2N6O/c20-13-6-4-12(5-7-13)19(28)25-9-10-26-15(11-25)22-23-18(26)17-16(21)14-3-1-2-8-27(14)24-17/h1-8H,9-11H2. The van der Waals surface area contributed by atoms with Crippen LogP contribution < -0.4 is 0 Å². The summed E-state index contributed by atoms with van der Waals surface area (Å²) in [6.45, 7) is 1.05. The largest absolute Gasteiger partial charge is 0.329 e. The van der Waals surface area contributed by atoms with Gasteiger partial charge in [-0.25, -0.2) is 13.3 Å². The number of carbonyl (C=O) groups excluding carboxylic acids is 1. The molecule has 0 unspecified atom stereocenters. The Kier molecular flexibility index (Phi) is 3.68. The highest BCUT2D eigenvalue weighted by Gasteiger charge is 2.28. The van der Waals surface area contributed by atoms with Crippen molar-refractivity contribution < 1.29 is 13.6 Å². The number of rotatable bonds is 2. The average Bonchev–Trinajstić information content (AvgIpc) is 3.28. The molecule has 0 bridgehead atoms. The Morgan fingerprint density at radius 2 is 1.82 bits per heavy atom. The Labute approximate surface area is 157 Å². The van der Waals surface area contributed by atoms with Crippen LogP contribution in [0.4, 0.5) is 8.78 Å². The molecule has 0 aliphatic carbocycles. The van der Waals surface area contributed by atoms with Gasteiger partial charge < -0.3 is 9.47 Å². The summed E-state index contributed by atoms with van der Waals surface area (Å²) in [6, 6.07) is 10.6. The summed E-state index contributed by atoms with van der Waals surface area (Å²) in [4.78, 5) is 14.3. The van der Waals surface area contributed by atoms with Crippen molar-refractivity contribution in [3.05, 3.63) is 71.7 Å². The number of hydrogen-bond acceptors (Lipinski definition) is 4. The van der Waals surface area contributed by atoms with E-state index in [2.05, 4.69) is 15.3 Å². The van der Waals surface area contributed by atoms with Gasteiger partial charge in [-0.3, -0.25) is 4.79 Å². The molecule has 0 spiro atoms. The predicted molar refractivity (Wildman–Crippen MR) is 95.3 cm³/mol. The fourth-order valence-electron chi connectivity index (χ4n) is 3.39. The lowest BCUT2D eigenvalue weighted by molar-refractivity contribution is 0.0708. The topological polar surface area (TPSA) is 68.3 Å². The van der Waals surface area contributed by atoms with Crippen molar-refractivity contribution in [3.63, 3.8) is 0 Å². The molecule has 0 radical (unpaired) electrons. The molecule has 140 valence electrons. The predicted octanol–water partition coefficient (Wildman–Crippen LogP) is 2.53. The minimum Gasteiger partial charge on any atom is -0.329 e. The number of halogens is 2. The maximum absolute atomic E-state index is 14.8. The Hall–Kier alpha value is -3.62. The highest BCUT2D eigenvalue weighted by molar-refractivity contribution is 5.94. The second-order valence-electron chi connectivity index (χ2n) is 6.52. The van der Waals surface area contributed by atoms with Crippen molar-refractivity contribution in [2.24, 2.45) is 0 Å². The van der Waals surface area contributed by atoms with Crippen molar-refractivity contribution in [2.75, 3.05) is 6.54 Å². The molecule has 1 aliphatic rings. The molecular formula is C19H14F2N6O. The fraction of sp³-hybridized carbons (Fsp3) is 0.158. The van der Waals surface area contributed by atoms with Crippen LogP contribution in [0.5, 0.6) is 0 Å². The van der Waals surface area contributed by atoms with Gasteiger partial charge in [0, 0.05) is 24.8 Å². The minimum atomic E-state index is -0.458. The number of fused-ring (bicyclic) bond motifs is 2. The van der Waals surface area contributed by atoms with Gasteiger partial charge in [0.1, 0.15) is 11.3 Å². The molecular weight excluding hydrogens is 366 g/mol. The van der Waals surface area contributed by atoms with Gasteiger partial charge in [0.15, 0.2) is 23.2 Å². The third-order valence-electron chi connectivity index (χ3n) is 4.82. The molecule has 1 aliphatic heterocycles. The van der Waals surface area contributed by atoms with E-state index in [9.17, 15) is 13.6 Å². The van der Waals surface area contributed by atoms with Crippen molar-refractivity contribution in [1.29, 1.82) is 0 Å². The van der Waals surface area contributed by atoms with Gasteiger partial charge in [-0.2, -0.15) is 5.10 Å². The van der Waals surface area contributed by atoms with Crippen LogP contribution in [0.2, 0.25) is 0 Å². The monoisotopic (exact) mass is 380 g/mol. The number of amides is 1. The van der Waals surface area contributed by atoms with Gasteiger partial charge in [0.25, 0.3) is 5.91 Å². The SMILES string of the molecule is O=C(c1ccc(F)cc1)N1CCn2c(nnc2-c2nn3ccccc3c2F)C1. The first-order valence-electron chi connectivity index (χ1n) is 8.72. The van der Waals surface area contributed by atoms with Gasteiger partial charge in [-0.05, 0) is 36.4 Å². The van der Waals surface area contributed by atoms with E-state index in [1.165, 1.54) is 28.8 Å². The summed E-state index contributed by atoms with van der Waals surface area (Å²) in [5, 5.41) is 12.5. The molecule has 0 N–H and O–H groups in total. The number of aromatic nitrogens is 5. The maximum atomic E-state index is 14.8. The highest BCUT2D eigenvalue weighted by atomic mass is 19.1. The van der Waals surface area contributed by atoms with E-state index in [1.54, 1.807) is 33.9 Å². The molecule has 9 heteroatoms. The summed E-state index contributed by atoms with van der Waals surface area (Å²) >= 11 is 0. The first-order chi connectivity index (χ1) is 13.6. The van der Waals surface area contributed by atoms with E-state index in [4.69, 9.17) is 0 Å². The quantitative estimate of drug-likeness (QED) is 0.536. The van der Waals surface area contributed by atoms with Crippen molar-refractivity contribution in [1.82, 2.24) is 29.3 Å². The van der Waals surface area contributed by atoms with Crippen LogP contribution >= 0.6 is 0 Å². The van der Waals surface area contributed by atoms with Gasteiger partial charge in [-0.1, -0.05) is 6.07 Å². The first kappa shape index (κ1) is 16.5. The Morgan fingerprint density at radius 1 is 1.00 bits per heavy atom. The smallest absolute Gasteiger partial charge is 0.254 e. The third kappa shape index (κ3) is 2.55. The molecule has 7 nitrogen and oxygen atoms in total. The van der Waals surface area contributed by atoms with E-state index in [0.29, 0.717) is 35.8 Å². The van der Waals surface area contributed by atoms with Crippen LogP contribution in [0.15, 0.2) is 48.7 Å². The Bertz CT molecular complexity index is 1200. The lowest BCUT2D eigenvalue weighted by atomic mass is 10.2. The highest BCUT2D eigenvalue weighted by Crippen LogP contribution is 2.26. The van der Waals surface area contributed by atoms with Crippen LogP contribution in [0.25, 0.3) is 17.0 Å². The summed E-state index contributed by atoms with van der Waals surface area (Å²) in [5.41, 5.74) is 0.892. The van der Waals surface area contributed by atoms with Gasteiger partial charge in [0.2, 0.25) is 0 Å². The van der Waals surface area contributed by atoms with Crippen LogP contribution in [0.3, 0.4) is 0 Å². The summed E-state index contributed by atoms with van der Waals surface area (Å²) in [5.74, 6) is -0.178. The lowest BCUT2D eigenvalue weighted by Gasteiger charge is -2.27. The Balaban J connectivity index is 1.46. The molecule has 1 aromatic carbocycles. The molecule has 1 amide bonds. The first-order valence-corrected chi connectivity index (χ1v) is 8.72. The van der Waals surface area contributed by atoms with Crippen LogP contribution in [0, 0.1) is 11.6 Å². The summed E-state index contributed by atoms with van der Waals surface area (Å²) in [7, 11) is 0. The molecule has 4 aromatic rings. The van der Waals surface area contributed by atoms with Gasteiger partial charge >= 0.3 is 0 Å². The van der Waals surface area contributed by atoms with Crippen molar-refractivity contribution in [2.45, 2.75) is 13.1 Å². The molecule has 0 saturated heterocycles. The van der Waals surface area contributed by atoms with E-state index >= 15 is 0 Å². The summed E-state index contributed by atoms with van der Waals surface area (Å²) in [6.07, 6.45) is 1.67. The van der Waals surface area contributed by atoms with Crippen molar-refractivity contribution in [3.8, 4) is 11.5 Å². The molecule has 4 heterocycles. The molecule has 5 rings (SSSR count). The number of hydrogen-bond donors (Lipinski definition) is 0. The second-order valence-corrected chi connectivity index (χ2v) is 6.52. The zero-order valence-corrected chi connectivity index (χ0v) is 14.6. The number of benzene rings is 1. The average molecular weight is 380 g/mol. The Morgan fingerprint density at radius 3 is 2.61 bits per heavy atom. The molecule has 0 fully saturated rings. The third-order valence-corrected chi connectivity index (χ3v) is 4.82. The van der Waals surface area contributed by atoms with E-state index in [1.807, 2.05) is 0 Å². The summed E-state index contributed by atoms with van der Waals surface area (Å²) < 4.78 is 31.1. The lowest BCUT2D eigenvalue weighted by Crippen LogP contribution is -2.38. The van der Waals surface area contributed by atoms with Gasteiger partial charge in [0.05, 0.1) is 6.54 Å².